The number of nitriles is 1. The number of anilines is 1. The quantitative estimate of drug-likeness (QED) is 0.413. The second-order valence-electron chi connectivity index (χ2n) is 5.42. The summed E-state index contributed by atoms with van der Waals surface area (Å²) >= 11 is 3.37. The Bertz CT molecular complexity index is 962. The highest BCUT2D eigenvalue weighted by Gasteiger charge is 2.14. The van der Waals surface area contributed by atoms with Gasteiger partial charge in [-0.3, -0.25) is 4.79 Å². The van der Waals surface area contributed by atoms with Crippen LogP contribution in [0, 0.1) is 11.3 Å². The number of carbonyl (C=O) groups is 2. The first-order valence-corrected chi connectivity index (χ1v) is 8.75. The van der Waals surface area contributed by atoms with Crippen LogP contribution in [0.15, 0.2) is 46.4 Å². The number of nitrogens with one attached hydrogen (secondary N) is 1. The molecule has 0 aliphatic heterocycles. The number of hydrogen-bond acceptors (Lipinski definition) is 6. The third-order valence-electron chi connectivity index (χ3n) is 3.73. The standard InChI is InChI=1S/C20H17BrN2O5/c1-26-17-10-18(27-2)16(21)9-13(17)8-14(11-22)19(24)23-15-6-4-12(5-7-15)20(25)28-3/h4-10H,1-3H3,(H,23,24)/b14-8+. The molecule has 1 amide bonds. The summed E-state index contributed by atoms with van der Waals surface area (Å²) in [6.07, 6.45) is 1.42. The highest BCUT2D eigenvalue weighted by molar-refractivity contribution is 9.10. The van der Waals surface area contributed by atoms with E-state index in [1.807, 2.05) is 6.07 Å². The molecule has 0 spiro atoms. The summed E-state index contributed by atoms with van der Waals surface area (Å²) in [6.45, 7) is 0. The van der Waals surface area contributed by atoms with Gasteiger partial charge in [-0.05, 0) is 52.3 Å². The molecule has 0 saturated carbocycles. The smallest absolute Gasteiger partial charge is 0.337 e. The molecular weight excluding hydrogens is 428 g/mol. The van der Waals surface area contributed by atoms with Crippen LogP contribution in [0.4, 0.5) is 5.69 Å². The highest BCUT2D eigenvalue weighted by Crippen LogP contribution is 2.34. The summed E-state index contributed by atoms with van der Waals surface area (Å²) in [5.74, 6) is -0.0688. The van der Waals surface area contributed by atoms with Gasteiger partial charge in [0.15, 0.2) is 0 Å². The number of amides is 1. The molecule has 0 aliphatic rings. The molecule has 1 N–H and O–H groups in total. The number of nitrogens with zero attached hydrogens (tertiary/aromatic N) is 1. The largest absolute Gasteiger partial charge is 0.496 e. The minimum atomic E-state index is -0.595. The van der Waals surface area contributed by atoms with Gasteiger partial charge in [0.2, 0.25) is 0 Å². The summed E-state index contributed by atoms with van der Waals surface area (Å²) in [5.41, 5.74) is 1.20. The third-order valence-corrected chi connectivity index (χ3v) is 4.35. The zero-order valence-electron chi connectivity index (χ0n) is 15.4. The average Bonchev–Trinajstić information content (AvgIpc) is 2.71. The van der Waals surface area contributed by atoms with E-state index in [4.69, 9.17) is 9.47 Å². The Morgan fingerprint density at radius 1 is 1.07 bits per heavy atom. The lowest BCUT2D eigenvalue weighted by Gasteiger charge is -2.10. The van der Waals surface area contributed by atoms with E-state index in [1.165, 1.54) is 39.5 Å². The number of esters is 1. The molecular formula is C20H17BrN2O5. The predicted octanol–water partition coefficient (Wildman–Crippen LogP) is 3.80. The lowest BCUT2D eigenvalue weighted by molar-refractivity contribution is -0.112. The fraction of sp³-hybridized carbons (Fsp3) is 0.150. The van der Waals surface area contributed by atoms with Crippen molar-refractivity contribution in [2.75, 3.05) is 26.6 Å². The van der Waals surface area contributed by atoms with Crippen molar-refractivity contribution in [1.29, 1.82) is 5.26 Å². The van der Waals surface area contributed by atoms with Crippen molar-refractivity contribution in [3.8, 4) is 17.6 Å². The molecule has 144 valence electrons. The Morgan fingerprint density at radius 3 is 2.25 bits per heavy atom. The van der Waals surface area contributed by atoms with Crippen LogP contribution < -0.4 is 14.8 Å². The maximum Gasteiger partial charge on any atom is 0.337 e. The van der Waals surface area contributed by atoms with E-state index in [1.54, 1.807) is 24.3 Å². The van der Waals surface area contributed by atoms with Gasteiger partial charge in [-0.25, -0.2) is 4.79 Å². The summed E-state index contributed by atoms with van der Waals surface area (Å²) in [5, 5.41) is 12.0. The minimum absolute atomic E-state index is 0.118. The van der Waals surface area contributed by atoms with Crippen LogP contribution in [-0.4, -0.2) is 33.2 Å². The molecule has 2 rings (SSSR count). The van der Waals surface area contributed by atoms with E-state index in [0.717, 1.165) is 0 Å². The lowest BCUT2D eigenvalue weighted by atomic mass is 10.1. The second kappa shape index (κ2) is 9.58. The van der Waals surface area contributed by atoms with Gasteiger partial charge in [0.05, 0.1) is 31.4 Å². The number of methoxy groups -OCH3 is 3. The maximum atomic E-state index is 12.5. The van der Waals surface area contributed by atoms with Crippen molar-refractivity contribution < 1.29 is 23.8 Å². The van der Waals surface area contributed by atoms with E-state index in [-0.39, 0.29) is 5.57 Å². The summed E-state index contributed by atoms with van der Waals surface area (Å²) in [7, 11) is 4.29. The fourth-order valence-electron chi connectivity index (χ4n) is 2.31. The first kappa shape index (κ1) is 21.0. The molecule has 2 aromatic carbocycles. The topological polar surface area (TPSA) is 97.7 Å². The molecule has 0 atom stereocenters. The zero-order valence-corrected chi connectivity index (χ0v) is 17.0. The summed E-state index contributed by atoms with van der Waals surface area (Å²) in [6, 6.07) is 11.3. The Kier molecular flexibility index (Phi) is 7.18. The first-order valence-electron chi connectivity index (χ1n) is 7.96. The van der Waals surface area contributed by atoms with Gasteiger partial charge in [0.1, 0.15) is 23.1 Å². The predicted molar refractivity (Wildman–Crippen MR) is 107 cm³/mol. The Balaban J connectivity index is 2.27. The highest BCUT2D eigenvalue weighted by atomic mass is 79.9. The summed E-state index contributed by atoms with van der Waals surface area (Å²) in [4.78, 5) is 23.9. The van der Waals surface area contributed by atoms with Crippen molar-refractivity contribution in [3.05, 3.63) is 57.6 Å². The van der Waals surface area contributed by atoms with Crippen molar-refractivity contribution in [3.63, 3.8) is 0 Å². The molecule has 0 fully saturated rings. The third kappa shape index (κ3) is 4.90. The maximum absolute atomic E-state index is 12.5. The van der Waals surface area contributed by atoms with Gasteiger partial charge < -0.3 is 19.5 Å². The molecule has 0 bridgehead atoms. The molecule has 7 nitrogen and oxygen atoms in total. The van der Waals surface area contributed by atoms with E-state index in [2.05, 4.69) is 26.0 Å². The van der Waals surface area contributed by atoms with Gasteiger partial charge in [0.25, 0.3) is 5.91 Å². The molecule has 0 aliphatic carbocycles. The average molecular weight is 445 g/mol. The lowest BCUT2D eigenvalue weighted by Crippen LogP contribution is -2.13. The number of benzene rings is 2. The molecule has 0 radical (unpaired) electrons. The normalized spacial score (nSPS) is 10.6. The van der Waals surface area contributed by atoms with Crippen LogP contribution in [0.25, 0.3) is 6.08 Å². The van der Waals surface area contributed by atoms with Gasteiger partial charge >= 0.3 is 5.97 Å². The molecule has 0 heterocycles. The van der Waals surface area contributed by atoms with Gasteiger partial charge in [-0.1, -0.05) is 0 Å². The number of carbonyl (C=O) groups excluding carboxylic acids is 2. The van der Waals surface area contributed by atoms with Gasteiger partial charge in [-0.15, -0.1) is 0 Å². The first-order chi connectivity index (χ1) is 13.4. The molecule has 8 heteroatoms. The van der Waals surface area contributed by atoms with Crippen molar-refractivity contribution >= 4 is 39.6 Å². The van der Waals surface area contributed by atoms with Crippen LogP contribution in [0.3, 0.4) is 0 Å². The van der Waals surface area contributed by atoms with E-state index in [9.17, 15) is 14.9 Å². The Labute approximate surface area is 170 Å². The van der Waals surface area contributed by atoms with Crippen molar-refractivity contribution in [2.45, 2.75) is 0 Å². The monoisotopic (exact) mass is 444 g/mol. The Hall–Kier alpha value is -3.31. The van der Waals surface area contributed by atoms with Crippen LogP contribution in [0.2, 0.25) is 0 Å². The number of ether oxygens (including phenoxy) is 3. The van der Waals surface area contributed by atoms with Crippen LogP contribution in [0.1, 0.15) is 15.9 Å². The molecule has 0 unspecified atom stereocenters. The van der Waals surface area contributed by atoms with Crippen LogP contribution in [-0.2, 0) is 9.53 Å². The zero-order chi connectivity index (χ0) is 20.7. The van der Waals surface area contributed by atoms with Crippen molar-refractivity contribution in [2.24, 2.45) is 0 Å². The number of hydrogen-bond donors (Lipinski definition) is 1. The summed E-state index contributed by atoms with van der Waals surface area (Å²) < 4.78 is 15.8. The van der Waals surface area contributed by atoms with E-state index >= 15 is 0 Å². The van der Waals surface area contributed by atoms with E-state index < -0.39 is 11.9 Å². The second-order valence-corrected chi connectivity index (χ2v) is 6.28. The van der Waals surface area contributed by atoms with Crippen LogP contribution >= 0.6 is 15.9 Å². The number of rotatable bonds is 6. The number of halogens is 1. The molecule has 0 saturated heterocycles. The SMILES string of the molecule is COC(=O)c1ccc(NC(=O)/C(C#N)=C/c2cc(Br)c(OC)cc2OC)cc1. The van der Waals surface area contributed by atoms with Gasteiger partial charge in [-0.2, -0.15) is 5.26 Å². The van der Waals surface area contributed by atoms with Crippen molar-refractivity contribution in [1.82, 2.24) is 0 Å². The Morgan fingerprint density at radius 2 is 1.71 bits per heavy atom. The molecule has 2 aromatic rings. The van der Waals surface area contributed by atoms with E-state index in [0.29, 0.717) is 32.8 Å². The minimum Gasteiger partial charge on any atom is -0.496 e. The van der Waals surface area contributed by atoms with Crippen LogP contribution in [0.5, 0.6) is 11.5 Å². The van der Waals surface area contributed by atoms with Gasteiger partial charge in [0, 0.05) is 17.3 Å². The molecule has 0 aromatic heterocycles. The molecule has 28 heavy (non-hydrogen) atoms. The fourth-order valence-corrected chi connectivity index (χ4v) is 2.83.